The highest BCUT2D eigenvalue weighted by molar-refractivity contribution is 7.15. The molecule has 6 nitrogen and oxygen atoms in total. The Balaban J connectivity index is 0.000000641. The maximum atomic E-state index is 8.58. The first-order valence-electron chi connectivity index (χ1n) is 6.48. The van der Waals surface area contributed by atoms with Crippen LogP contribution in [0.2, 0.25) is 0 Å². The highest BCUT2D eigenvalue weighted by Crippen LogP contribution is 2.27. The molecule has 2 aromatic heterocycles. The van der Waals surface area contributed by atoms with Crippen molar-refractivity contribution in [1.29, 1.82) is 0 Å². The number of amides is 1. The van der Waals surface area contributed by atoms with Gasteiger partial charge in [0.15, 0.2) is 0 Å². The number of nitrogens with one attached hydrogen (secondary N) is 1. The standard InChI is InChI=1S/C10H14N4S.C2H6.CH3NO/c1-4-9-12-7(2)10(15-9)13-8-5-11-14(3)6-8;1-2;2-1-3/h5-6,13H,4H2,1-3H3;1-2H3;1H,(H2,2,3). The summed E-state index contributed by atoms with van der Waals surface area (Å²) in [4.78, 5) is 13.0. The molecule has 0 aliphatic heterocycles. The molecule has 112 valence electrons. The predicted molar refractivity (Wildman–Crippen MR) is 84.3 cm³/mol. The molecule has 0 saturated carbocycles. The Labute approximate surface area is 124 Å². The van der Waals surface area contributed by atoms with E-state index in [9.17, 15) is 0 Å². The number of hydrogen-bond acceptors (Lipinski definition) is 5. The third-order valence-corrected chi connectivity index (χ3v) is 3.32. The second-order valence-corrected chi connectivity index (χ2v) is 4.62. The maximum absolute atomic E-state index is 8.58. The number of anilines is 2. The van der Waals surface area contributed by atoms with Gasteiger partial charge in [-0.1, -0.05) is 20.8 Å². The van der Waals surface area contributed by atoms with Gasteiger partial charge in [0, 0.05) is 13.2 Å². The summed E-state index contributed by atoms with van der Waals surface area (Å²) in [5, 5.41) is 9.70. The fraction of sp³-hybridized carbons (Fsp3) is 0.462. The Morgan fingerprint density at radius 1 is 1.50 bits per heavy atom. The SMILES string of the molecule is CC.CCc1nc(C)c(Nc2cnn(C)c2)s1.NC=O. The third kappa shape index (κ3) is 5.83. The molecule has 0 atom stereocenters. The van der Waals surface area contributed by atoms with Crippen molar-refractivity contribution >= 4 is 28.4 Å². The summed E-state index contributed by atoms with van der Waals surface area (Å²) in [7, 11) is 1.90. The lowest BCUT2D eigenvalue weighted by molar-refractivity contribution is -0.106. The topological polar surface area (TPSA) is 85.8 Å². The normalized spacial score (nSPS) is 8.85. The van der Waals surface area contributed by atoms with Gasteiger partial charge >= 0.3 is 0 Å². The summed E-state index contributed by atoms with van der Waals surface area (Å²) in [6.07, 6.45) is 5.00. The smallest absolute Gasteiger partial charge is 0.204 e. The molecule has 0 aliphatic rings. The van der Waals surface area contributed by atoms with Gasteiger partial charge in [-0.3, -0.25) is 9.48 Å². The molecule has 2 aromatic rings. The van der Waals surface area contributed by atoms with Gasteiger partial charge in [0.05, 0.1) is 22.6 Å². The van der Waals surface area contributed by atoms with Crippen LogP contribution in [-0.4, -0.2) is 21.2 Å². The number of thiazole rings is 1. The minimum atomic E-state index is 0.250. The Kier molecular flexibility index (Phi) is 9.02. The molecule has 0 aromatic carbocycles. The molecule has 1 amide bonds. The van der Waals surface area contributed by atoms with Crippen LogP contribution >= 0.6 is 11.3 Å². The van der Waals surface area contributed by atoms with Gasteiger partial charge < -0.3 is 11.1 Å². The Morgan fingerprint density at radius 3 is 2.50 bits per heavy atom. The van der Waals surface area contributed by atoms with E-state index in [1.165, 1.54) is 5.01 Å². The Morgan fingerprint density at radius 2 is 2.10 bits per heavy atom. The molecule has 3 N–H and O–H groups in total. The van der Waals surface area contributed by atoms with E-state index in [1.54, 1.807) is 16.0 Å². The largest absolute Gasteiger partial charge is 0.372 e. The zero-order valence-corrected chi connectivity index (χ0v) is 13.5. The van der Waals surface area contributed by atoms with Crippen molar-refractivity contribution in [3.8, 4) is 0 Å². The van der Waals surface area contributed by atoms with Gasteiger partial charge in [0.1, 0.15) is 5.00 Å². The summed E-state index contributed by atoms with van der Waals surface area (Å²) in [6, 6.07) is 0. The van der Waals surface area contributed by atoms with Gasteiger partial charge in [0.25, 0.3) is 0 Å². The van der Waals surface area contributed by atoms with Gasteiger partial charge in [-0.25, -0.2) is 4.98 Å². The van der Waals surface area contributed by atoms with Crippen molar-refractivity contribution in [2.45, 2.75) is 34.1 Å². The predicted octanol–water partition coefficient (Wildman–Crippen LogP) is 2.62. The molecule has 0 radical (unpaired) electrons. The minimum Gasteiger partial charge on any atom is -0.372 e. The van der Waals surface area contributed by atoms with Crippen LogP contribution in [0.15, 0.2) is 12.4 Å². The van der Waals surface area contributed by atoms with E-state index in [1.807, 2.05) is 40.2 Å². The Hall–Kier alpha value is -1.89. The monoisotopic (exact) mass is 297 g/mol. The van der Waals surface area contributed by atoms with Crippen molar-refractivity contribution in [2.75, 3.05) is 5.32 Å². The third-order valence-electron chi connectivity index (χ3n) is 2.11. The average molecular weight is 297 g/mol. The molecule has 0 unspecified atom stereocenters. The lowest BCUT2D eigenvalue weighted by atomic mass is 10.4. The molecule has 7 heteroatoms. The second kappa shape index (κ2) is 9.96. The Bertz CT molecular complexity index is 507. The number of nitrogens with two attached hydrogens (primary N) is 1. The zero-order valence-electron chi connectivity index (χ0n) is 12.7. The van der Waals surface area contributed by atoms with E-state index >= 15 is 0 Å². The molecular formula is C13H23N5OS. The van der Waals surface area contributed by atoms with E-state index in [2.05, 4.69) is 28.1 Å². The first-order chi connectivity index (χ1) is 9.60. The van der Waals surface area contributed by atoms with Crippen LogP contribution in [-0.2, 0) is 18.3 Å². The fourth-order valence-electron chi connectivity index (χ4n) is 1.34. The second-order valence-electron chi connectivity index (χ2n) is 3.54. The van der Waals surface area contributed by atoms with Gasteiger partial charge in [-0.15, -0.1) is 11.3 Å². The van der Waals surface area contributed by atoms with E-state index < -0.39 is 0 Å². The molecule has 20 heavy (non-hydrogen) atoms. The van der Waals surface area contributed by atoms with E-state index in [0.717, 1.165) is 22.8 Å². The van der Waals surface area contributed by atoms with Gasteiger partial charge in [-0.2, -0.15) is 5.10 Å². The van der Waals surface area contributed by atoms with Crippen LogP contribution in [0.4, 0.5) is 10.7 Å². The lowest BCUT2D eigenvalue weighted by Gasteiger charge is -1.98. The number of carbonyl (C=O) groups is 1. The number of primary amides is 1. The quantitative estimate of drug-likeness (QED) is 0.853. The lowest BCUT2D eigenvalue weighted by Crippen LogP contribution is -1.88. The molecule has 0 saturated heterocycles. The highest BCUT2D eigenvalue weighted by atomic mass is 32.1. The van der Waals surface area contributed by atoms with E-state index in [-0.39, 0.29) is 6.41 Å². The van der Waals surface area contributed by atoms with Gasteiger partial charge in [-0.05, 0) is 13.3 Å². The summed E-state index contributed by atoms with van der Waals surface area (Å²) in [5.41, 5.74) is 6.23. The average Bonchev–Trinajstić information content (AvgIpc) is 3.00. The van der Waals surface area contributed by atoms with Crippen LogP contribution < -0.4 is 11.1 Å². The van der Waals surface area contributed by atoms with Crippen molar-refractivity contribution in [2.24, 2.45) is 12.8 Å². The number of hydrogen-bond donors (Lipinski definition) is 2. The fourth-order valence-corrected chi connectivity index (χ4v) is 2.26. The van der Waals surface area contributed by atoms with E-state index in [0.29, 0.717) is 0 Å². The van der Waals surface area contributed by atoms with Crippen LogP contribution in [0.25, 0.3) is 0 Å². The van der Waals surface area contributed by atoms with Crippen molar-refractivity contribution in [1.82, 2.24) is 14.8 Å². The zero-order chi connectivity index (χ0) is 15.5. The molecule has 2 heterocycles. The van der Waals surface area contributed by atoms with E-state index in [4.69, 9.17) is 4.79 Å². The van der Waals surface area contributed by atoms with Gasteiger partial charge in [0.2, 0.25) is 6.41 Å². The van der Waals surface area contributed by atoms with Crippen molar-refractivity contribution in [3.63, 3.8) is 0 Å². The summed E-state index contributed by atoms with van der Waals surface area (Å²) in [5.74, 6) is 0. The summed E-state index contributed by atoms with van der Waals surface area (Å²) < 4.78 is 1.78. The maximum Gasteiger partial charge on any atom is 0.204 e. The first-order valence-corrected chi connectivity index (χ1v) is 7.29. The molecular weight excluding hydrogens is 274 g/mol. The molecule has 2 rings (SSSR count). The number of aromatic nitrogens is 3. The molecule has 0 bridgehead atoms. The number of rotatable bonds is 3. The van der Waals surface area contributed by atoms with Crippen LogP contribution in [0.1, 0.15) is 31.5 Å². The number of aryl methyl sites for hydroxylation is 3. The first kappa shape index (κ1) is 18.1. The van der Waals surface area contributed by atoms with Crippen LogP contribution in [0, 0.1) is 6.92 Å². The minimum absolute atomic E-state index is 0.250. The number of nitrogens with zero attached hydrogens (tertiary/aromatic N) is 3. The van der Waals surface area contributed by atoms with Crippen LogP contribution in [0.3, 0.4) is 0 Å². The number of carbonyl (C=O) groups excluding carboxylic acids is 1. The van der Waals surface area contributed by atoms with Crippen molar-refractivity contribution < 1.29 is 4.79 Å². The summed E-state index contributed by atoms with van der Waals surface area (Å²) in [6.45, 7) is 8.14. The molecule has 0 fully saturated rings. The highest BCUT2D eigenvalue weighted by Gasteiger charge is 2.06. The molecule has 0 spiro atoms. The summed E-state index contributed by atoms with van der Waals surface area (Å²) >= 11 is 1.70. The van der Waals surface area contributed by atoms with Crippen molar-refractivity contribution in [3.05, 3.63) is 23.1 Å². The van der Waals surface area contributed by atoms with Crippen LogP contribution in [0.5, 0.6) is 0 Å². The molecule has 0 aliphatic carbocycles.